The molecule has 0 fully saturated rings. The second-order valence-electron chi connectivity index (χ2n) is 5.81. The number of nitrogens with two attached hydrogens (primary N) is 1. The van der Waals surface area contributed by atoms with E-state index in [0.29, 0.717) is 17.3 Å². The lowest BCUT2D eigenvalue weighted by atomic mass is 10.1. The third kappa shape index (κ3) is 5.19. The van der Waals surface area contributed by atoms with Crippen molar-refractivity contribution in [2.75, 3.05) is 17.7 Å². The van der Waals surface area contributed by atoms with E-state index in [2.05, 4.69) is 15.3 Å². The van der Waals surface area contributed by atoms with Gasteiger partial charge in [-0.05, 0) is 32.9 Å². The number of rotatable bonds is 7. The van der Waals surface area contributed by atoms with Gasteiger partial charge in [0.25, 0.3) is 11.5 Å². The molecule has 0 spiro atoms. The number of hydrogen-bond donors (Lipinski definition) is 3. The minimum Gasteiger partial charge on any atom is -0.465 e. The standard InChI is InChI=1S/C18H20N4O5S/c1-4-27-17(26)13(10(3)23)28-18-21-14(19)12(16(25)22-18)20-15(24)11-7-5-9(2)6-8-11/h5-8,13H,4H2,1-3H3,(H,20,24)(H3,19,21,22,25)/t13-/m1/s1. The second-order valence-corrected chi connectivity index (χ2v) is 6.91. The number of H-pyrrole nitrogens is 1. The maximum Gasteiger partial charge on any atom is 0.327 e. The number of carbonyl (C=O) groups excluding carboxylic acids is 3. The first-order chi connectivity index (χ1) is 13.2. The van der Waals surface area contributed by atoms with Crippen LogP contribution in [0.5, 0.6) is 0 Å². The minimum atomic E-state index is -1.18. The van der Waals surface area contributed by atoms with Crippen molar-refractivity contribution < 1.29 is 19.1 Å². The number of ketones is 1. The van der Waals surface area contributed by atoms with Crippen LogP contribution in [0.1, 0.15) is 29.8 Å². The molecule has 2 aromatic rings. The van der Waals surface area contributed by atoms with Crippen LogP contribution in [0.4, 0.5) is 11.5 Å². The van der Waals surface area contributed by atoms with Gasteiger partial charge in [0.15, 0.2) is 22.0 Å². The Labute approximate surface area is 165 Å². The summed E-state index contributed by atoms with van der Waals surface area (Å²) in [6.45, 7) is 4.84. The number of thioether (sulfide) groups is 1. The molecule has 1 amide bonds. The molecule has 1 aromatic heterocycles. The normalized spacial score (nSPS) is 11.5. The molecule has 1 atom stereocenters. The first kappa shape index (κ1) is 21.2. The Morgan fingerprint density at radius 2 is 1.93 bits per heavy atom. The largest absolute Gasteiger partial charge is 0.465 e. The Morgan fingerprint density at radius 1 is 1.29 bits per heavy atom. The molecular weight excluding hydrogens is 384 g/mol. The fraction of sp³-hybridized carbons (Fsp3) is 0.278. The van der Waals surface area contributed by atoms with E-state index in [0.717, 1.165) is 5.56 Å². The quantitative estimate of drug-likeness (QED) is 0.273. The summed E-state index contributed by atoms with van der Waals surface area (Å²) in [6.07, 6.45) is 0. The summed E-state index contributed by atoms with van der Waals surface area (Å²) in [4.78, 5) is 54.6. The molecule has 0 bridgehead atoms. The third-order valence-electron chi connectivity index (χ3n) is 3.58. The van der Waals surface area contributed by atoms with Crippen LogP contribution in [-0.4, -0.2) is 39.5 Å². The number of esters is 1. The van der Waals surface area contributed by atoms with Crippen LogP contribution in [0.3, 0.4) is 0 Å². The van der Waals surface area contributed by atoms with E-state index in [9.17, 15) is 19.2 Å². The Balaban J connectivity index is 2.23. The number of nitrogens with one attached hydrogen (secondary N) is 2. The first-order valence-corrected chi connectivity index (χ1v) is 9.22. The van der Waals surface area contributed by atoms with E-state index >= 15 is 0 Å². The number of aromatic nitrogens is 2. The molecule has 0 saturated heterocycles. The summed E-state index contributed by atoms with van der Waals surface area (Å²) in [6, 6.07) is 6.75. The van der Waals surface area contributed by atoms with Crippen LogP contribution in [0, 0.1) is 6.92 Å². The highest BCUT2D eigenvalue weighted by Gasteiger charge is 2.27. The van der Waals surface area contributed by atoms with Crippen LogP contribution in [0.2, 0.25) is 0 Å². The van der Waals surface area contributed by atoms with Crippen LogP contribution >= 0.6 is 11.8 Å². The highest BCUT2D eigenvalue weighted by Crippen LogP contribution is 2.23. The minimum absolute atomic E-state index is 0.0379. The topological polar surface area (TPSA) is 144 Å². The zero-order valence-corrected chi connectivity index (χ0v) is 16.4. The summed E-state index contributed by atoms with van der Waals surface area (Å²) in [7, 11) is 0. The average Bonchev–Trinajstić information content (AvgIpc) is 2.63. The second kappa shape index (κ2) is 9.18. The molecule has 148 valence electrons. The van der Waals surface area contributed by atoms with Gasteiger partial charge in [-0.15, -0.1) is 0 Å². The van der Waals surface area contributed by atoms with Gasteiger partial charge in [0.2, 0.25) is 0 Å². The summed E-state index contributed by atoms with van der Waals surface area (Å²) in [5, 5.41) is 1.20. The fourth-order valence-corrected chi connectivity index (χ4v) is 3.02. The number of aromatic amines is 1. The van der Waals surface area contributed by atoms with Crippen LogP contribution in [0.25, 0.3) is 0 Å². The lowest BCUT2D eigenvalue weighted by Gasteiger charge is -2.13. The highest BCUT2D eigenvalue weighted by molar-refractivity contribution is 8.01. The van der Waals surface area contributed by atoms with Crippen molar-refractivity contribution in [3.05, 3.63) is 45.7 Å². The number of anilines is 2. The van der Waals surface area contributed by atoms with Crippen LogP contribution in [-0.2, 0) is 14.3 Å². The van der Waals surface area contributed by atoms with Crippen LogP contribution in [0.15, 0.2) is 34.2 Å². The number of ether oxygens (including phenoxy) is 1. The molecular formula is C18H20N4O5S. The van der Waals surface area contributed by atoms with Gasteiger partial charge in [-0.2, -0.15) is 0 Å². The Bertz CT molecular complexity index is 955. The van der Waals surface area contributed by atoms with Gasteiger partial charge in [0, 0.05) is 5.56 Å². The highest BCUT2D eigenvalue weighted by atomic mass is 32.2. The molecule has 28 heavy (non-hydrogen) atoms. The molecule has 0 saturated carbocycles. The molecule has 0 aliphatic rings. The SMILES string of the molecule is CCOC(=O)[C@H](Sc1nc(N)c(NC(=O)c2ccc(C)cc2)c(=O)[nH]1)C(C)=O. The number of nitrogens with zero attached hydrogens (tertiary/aromatic N) is 1. The van der Waals surface area contributed by atoms with Crippen molar-refractivity contribution in [1.29, 1.82) is 0 Å². The Hall–Kier alpha value is -3.14. The van der Waals surface area contributed by atoms with Crippen LogP contribution < -0.4 is 16.6 Å². The van der Waals surface area contributed by atoms with Gasteiger partial charge in [-0.3, -0.25) is 24.2 Å². The Morgan fingerprint density at radius 3 is 2.46 bits per heavy atom. The smallest absolute Gasteiger partial charge is 0.327 e. The van der Waals surface area contributed by atoms with Gasteiger partial charge in [0.1, 0.15) is 5.69 Å². The Kier molecular flexibility index (Phi) is 6.94. The lowest BCUT2D eigenvalue weighted by molar-refractivity contribution is -0.144. The van der Waals surface area contributed by atoms with Crippen molar-refractivity contribution in [3.63, 3.8) is 0 Å². The molecule has 0 aliphatic carbocycles. The van der Waals surface area contributed by atoms with E-state index in [4.69, 9.17) is 10.5 Å². The monoisotopic (exact) mass is 404 g/mol. The van der Waals surface area contributed by atoms with Crippen molar-refractivity contribution in [2.24, 2.45) is 0 Å². The number of Topliss-reactive ketones (excluding diaryl/α,β-unsaturated/α-hetero) is 1. The third-order valence-corrected chi connectivity index (χ3v) is 4.75. The van der Waals surface area contributed by atoms with Crippen molar-refractivity contribution in [3.8, 4) is 0 Å². The molecule has 0 radical (unpaired) electrons. The summed E-state index contributed by atoms with van der Waals surface area (Å²) in [5.41, 5.74) is 6.21. The van der Waals surface area contributed by atoms with E-state index in [1.165, 1.54) is 6.92 Å². The average molecular weight is 404 g/mol. The molecule has 9 nitrogen and oxygen atoms in total. The number of hydrogen-bond acceptors (Lipinski definition) is 8. The molecule has 1 aromatic carbocycles. The molecule has 2 rings (SSSR count). The number of amides is 1. The maximum atomic E-state index is 12.3. The van der Waals surface area contributed by atoms with Crippen molar-refractivity contribution >= 4 is 40.9 Å². The van der Waals surface area contributed by atoms with E-state index < -0.39 is 28.5 Å². The van der Waals surface area contributed by atoms with Gasteiger partial charge < -0.3 is 15.8 Å². The van der Waals surface area contributed by atoms with Crippen molar-refractivity contribution in [1.82, 2.24) is 9.97 Å². The maximum absolute atomic E-state index is 12.3. The van der Waals surface area contributed by atoms with Gasteiger partial charge in [0.05, 0.1) is 6.61 Å². The molecule has 0 unspecified atom stereocenters. The molecule has 0 aliphatic heterocycles. The number of aryl methyl sites for hydroxylation is 1. The zero-order chi connectivity index (χ0) is 20.8. The number of carbonyl (C=O) groups is 3. The van der Waals surface area contributed by atoms with Gasteiger partial charge >= 0.3 is 5.97 Å². The van der Waals surface area contributed by atoms with E-state index in [1.807, 2.05) is 6.92 Å². The predicted octanol–water partition coefficient (Wildman–Crippen LogP) is 1.53. The molecule has 4 N–H and O–H groups in total. The number of benzene rings is 1. The van der Waals surface area contributed by atoms with Gasteiger partial charge in [-0.1, -0.05) is 29.5 Å². The van der Waals surface area contributed by atoms with Crippen molar-refractivity contribution in [2.45, 2.75) is 31.2 Å². The summed E-state index contributed by atoms with van der Waals surface area (Å²) in [5.74, 6) is -1.95. The number of nitrogen functional groups attached to an aromatic ring is 1. The summed E-state index contributed by atoms with van der Waals surface area (Å²) >= 11 is 0.715. The lowest BCUT2D eigenvalue weighted by Crippen LogP contribution is -2.28. The molecule has 10 heteroatoms. The van der Waals surface area contributed by atoms with E-state index in [1.54, 1.807) is 31.2 Å². The fourth-order valence-electron chi connectivity index (χ4n) is 2.16. The summed E-state index contributed by atoms with van der Waals surface area (Å²) < 4.78 is 4.84. The van der Waals surface area contributed by atoms with Gasteiger partial charge in [-0.25, -0.2) is 4.98 Å². The first-order valence-electron chi connectivity index (χ1n) is 8.34. The zero-order valence-electron chi connectivity index (χ0n) is 15.6. The van der Waals surface area contributed by atoms with E-state index in [-0.39, 0.29) is 23.3 Å². The predicted molar refractivity (Wildman–Crippen MR) is 105 cm³/mol. The molecule has 1 heterocycles.